The van der Waals surface area contributed by atoms with E-state index in [9.17, 15) is 0 Å². The summed E-state index contributed by atoms with van der Waals surface area (Å²) in [5, 5.41) is 3.29. The van der Waals surface area contributed by atoms with E-state index in [1.54, 1.807) is 6.20 Å². The van der Waals surface area contributed by atoms with Crippen LogP contribution >= 0.6 is 11.6 Å². The molecule has 1 atom stereocenters. The Hall–Kier alpha value is -1.84. The molecule has 0 amide bonds. The number of rotatable bonds is 5. The second kappa shape index (κ2) is 6.23. The van der Waals surface area contributed by atoms with Gasteiger partial charge in [-0.3, -0.25) is 4.90 Å². The van der Waals surface area contributed by atoms with Gasteiger partial charge in [-0.25, -0.2) is 4.98 Å². The molecule has 4 heteroatoms. The van der Waals surface area contributed by atoms with Gasteiger partial charge in [0.05, 0.1) is 12.7 Å². The van der Waals surface area contributed by atoms with Gasteiger partial charge in [-0.1, -0.05) is 48.0 Å². The number of fused-ring (bicyclic) bond motifs is 1. The maximum atomic E-state index is 6.15. The van der Waals surface area contributed by atoms with E-state index < -0.39 is 0 Å². The van der Waals surface area contributed by atoms with Crippen molar-refractivity contribution in [3.8, 4) is 0 Å². The summed E-state index contributed by atoms with van der Waals surface area (Å²) in [7, 11) is 1.98. The van der Waals surface area contributed by atoms with Gasteiger partial charge in [0.25, 0.3) is 0 Å². The molecule has 124 valence electrons. The monoisotopic (exact) mass is 339 g/mol. The Kier molecular flexibility index (Phi) is 4.07. The van der Waals surface area contributed by atoms with Crippen molar-refractivity contribution in [2.75, 3.05) is 0 Å². The summed E-state index contributed by atoms with van der Waals surface area (Å²) >= 11 is 6.15. The molecular weight excluding hydrogens is 318 g/mol. The molecule has 0 aliphatic heterocycles. The van der Waals surface area contributed by atoms with E-state index in [-0.39, 0.29) is 0 Å². The minimum absolute atomic E-state index is 0.359. The average Bonchev–Trinajstić information content (AvgIpc) is 3.40. The normalized spacial score (nSPS) is 16.0. The van der Waals surface area contributed by atoms with Gasteiger partial charge in [0.15, 0.2) is 0 Å². The molecule has 1 saturated carbocycles. The summed E-state index contributed by atoms with van der Waals surface area (Å²) in [5.74, 6) is 1.03. The number of hydrogen-bond acceptors (Lipinski definition) is 2. The minimum Gasteiger partial charge on any atom is -0.321 e. The van der Waals surface area contributed by atoms with Gasteiger partial charge in [-0.2, -0.15) is 0 Å². The van der Waals surface area contributed by atoms with Crippen LogP contribution < -0.4 is 0 Å². The Labute approximate surface area is 147 Å². The lowest BCUT2D eigenvalue weighted by atomic mass is 10.0. The van der Waals surface area contributed by atoms with E-state index in [0.29, 0.717) is 17.2 Å². The first-order valence-electron chi connectivity index (χ1n) is 8.54. The molecule has 0 radical (unpaired) electrons. The fourth-order valence-electron chi connectivity index (χ4n) is 3.38. The van der Waals surface area contributed by atoms with Gasteiger partial charge in [0.1, 0.15) is 11.0 Å². The zero-order chi connectivity index (χ0) is 16.7. The van der Waals surface area contributed by atoms with Gasteiger partial charge < -0.3 is 4.57 Å². The summed E-state index contributed by atoms with van der Waals surface area (Å²) in [4.78, 5) is 7.04. The molecule has 2 aromatic carbocycles. The molecule has 1 aromatic heterocycles. The predicted molar refractivity (Wildman–Crippen MR) is 99.1 cm³/mol. The van der Waals surface area contributed by atoms with Crippen molar-refractivity contribution in [2.24, 2.45) is 7.05 Å². The second-order valence-electron chi connectivity index (χ2n) is 6.74. The Balaban J connectivity index is 1.63. The van der Waals surface area contributed by atoms with Crippen molar-refractivity contribution in [3.63, 3.8) is 0 Å². The summed E-state index contributed by atoms with van der Waals surface area (Å²) in [6, 6.07) is 16.4. The molecule has 0 bridgehead atoms. The van der Waals surface area contributed by atoms with Crippen molar-refractivity contribution in [2.45, 2.75) is 38.4 Å². The summed E-state index contributed by atoms with van der Waals surface area (Å²) in [6.07, 6.45) is 4.29. The zero-order valence-corrected chi connectivity index (χ0v) is 14.9. The van der Waals surface area contributed by atoms with E-state index >= 15 is 0 Å². The van der Waals surface area contributed by atoms with Crippen molar-refractivity contribution in [1.29, 1.82) is 0 Å². The highest BCUT2D eigenvalue weighted by molar-refractivity contribution is 6.29. The van der Waals surface area contributed by atoms with E-state index in [2.05, 4.69) is 59.3 Å². The maximum absolute atomic E-state index is 6.15. The van der Waals surface area contributed by atoms with Crippen LogP contribution in [0.4, 0.5) is 0 Å². The summed E-state index contributed by atoms with van der Waals surface area (Å²) < 4.78 is 1.98. The zero-order valence-electron chi connectivity index (χ0n) is 14.1. The van der Waals surface area contributed by atoms with Crippen molar-refractivity contribution >= 4 is 22.4 Å². The SMILES string of the molecule is C[C@@H](c1ccc2ccccc2c1)N(Cc1ncc(Cl)n1C)C1CC1. The van der Waals surface area contributed by atoms with Crippen LogP contribution in [0.25, 0.3) is 10.8 Å². The van der Waals surface area contributed by atoms with Crippen molar-refractivity contribution in [3.05, 3.63) is 65.2 Å². The third-order valence-corrected chi connectivity index (χ3v) is 5.47. The highest BCUT2D eigenvalue weighted by Gasteiger charge is 2.33. The highest BCUT2D eigenvalue weighted by atomic mass is 35.5. The Bertz CT molecular complexity index is 866. The first kappa shape index (κ1) is 15.7. The quantitative estimate of drug-likeness (QED) is 0.655. The number of hydrogen-bond donors (Lipinski definition) is 0. The van der Waals surface area contributed by atoms with Crippen LogP contribution in [0.3, 0.4) is 0 Å². The topological polar surface area (TPSA) is 21.1 Å². The minimum atomic E-state index is 0.359. The molecule has 1 aliphatic carbocycles. The van der Waals surface area contributed by atoms with Crippen LogP contribution in [-0.2, 0) is 13.6 Å². The fourth-order valence-corrected chi connectivity index (χ4v) is 3.53. The van der Waals surface area contributed by atoms with Crippen LogP contribution in [0.1, 0.15) is 37.2 Å². The molecule has 1 fully saturated rings. The first-order chi connectivity index (χ1) is 11.6. The molecule has 0 unspecified atom stereocenters. The van der Waals surface area contributed by atoms with Crippen LogP contribution in [-0.4, -0.2) is 20.5 Å². The molecular formula is C20H22ClN3. The number of nitrogens with zero attached hydrogens (tertiary/aromatic N) is 3. The van der Waals surface area contributed by atoms with Crippen molar-refractivity contribution in [1.82, 2.24) is 14.5 Å². The molecule has 3 aromatic rings. The van der Waals surface area contributed by atoms with Crippen LogP contribution in [0.2, 0.25) is 5.15 Å². The molecule has 0 saturated heterocycles. The lowest BCUT2D eigenvalue weighted by Crippen LogP contribution is -2.30. The predicted octanol–water partition coefficient (Wildman–Crippen LogP) is 4.95. The van der Waals surface area contributed by atoms with Crippen LogP contribution in [0, 0.1) is 0 Å². The Morgan fingerprint density at radius 1 is 1.21 bits per heavy atom. The molecule has 1 heterocycles. The van der Waals surface area contributed by atoms with E-state index in [1.807, 2.05) is 11.6 Å². The lowest BCUT2D eigenvalue weighted by Gasteiger charge is -2.29. The Morgan fingerprint density at radius 2 is 1.96 bits per heavy atom. The molecule has 0 spiro atoms. The van der Waals surface area contributed by atoms with Crippen molar-refractivity contribution < 1.29 is 0 Å². The second-order valence-corrected chi connectivity index (χ2v) is 7.13. The number of halogens is 1. The van der Waals surface area contributed by atoms with Gasteiger partial charge in [0.2, 0.25) is 0 Å². The molecule has 4 rings (SSSR count). The third kappa shape index (κ3) is 2.94. The molecule has 1 aliphatic rings. The summed E-state index contributed by atoms with van der Waals surface area (Å²) in [6.45, 7) is 3.13. The van der Waals surface area contributed by atoms with Crippen LogP contribution in [0.5, 0.6) is 0 Å². The number of benzene rings is 2. The first-order valence-corrected chi connectivity index (χ1v) is 8.92. The standard InChI is InChI=1S/C20H22ClN3/c1-14(16-8-7-15-5-3-4-6-17(15)11-16)24(18-9-10-18)13-20-22-12-19(21)23(20)2/h3-8,11-12,14,18H,9-10,13H2,1-2H3/t14-/m0/s1. The maximum Gasteiger partial charge on any atom is 0.128 e. The highest BCUT2D eigenvalue weighted by Crippen LogP contribution is 2.36. The number of aromatic nitrogens is 2. The van der Waals surface area contributed by atoms with Gasteiger partial charge >= 0.3 is 0 Å². The molecule has 24 heavy (non-hydrogen) atoms. The molecule has 3 nitrogen and oxygen atoms in total. The van der Waals surface area contributed by atoms with Gasteiger partial charge in [-0.05, 0) is 42.2 Å². The van der Waals surface area contributed by atoms with E-state index in [0.717, 1.165) is 12.4 Å². The molecule has 0 N–H and O–H groups in total. The average molecular weight is 340 g/mol. The largest absolute Gasteiger partial charge is 0.321 e. The summed E-state index contributed by atoms with van der Waals surface area (Å²) in [5.41, 5.74) is 1.36. The number of imidazole rings is 1. The van der Waals surface area contributed by atoms with Gasteiger partial charge in [0, 0.05) is 19.1 Å². The van der Waals surface area contributed by atoms with E-state index in [4.69, 9.17) is 11.6 Å². The van der Waals surface area contributed by atoms with E-state index in [1.165, 1.54) is 29.2 Å². The third-order valence-electron chi connectivity index (χ3n) is 5.12. The smallest absolute Gasteiger partial charge is 0.128 e. The fraction of sp³-hybridized carbons (Fsp3) is 0.350. The Morgan fingerprint density at radius 3 is 2.62 bits per heavy atom. The van der Waals surface area contributed by atoms with Crippen LogP contribution in [0.15, 0.2) is 48.7 Å². The van der Waals surface area contributed by atoms with Gasteiger partial charge in [-0.15, -0.1) is 0 Å². The lowest BCUT2D eigenvalue weighted by molar-refractivity contribution is 0.184.